The number of thiol groups is 1. The standard InChI is InChI=1S/C16H31NS/c1-16(2,3)15(11-18)10-17(4)9-14-8-12-5-6-13(14)7-12/h12-15,18H,5-11H2,1-4H3. The highest BCUT2D eigenvalue weighted by Gasteiger charge is 2.39. The van der Waals surface area contributed by atoms with Crippen molar-refractivity contribution in [2.75, 3.05) is 25.9 Å². The summed E-state index contributed by atoms with van der Waals surface area (Å²) in [4.78, 5) is 2.58. The van der Waals surface area contributed by atoms with Crippen LogP contribution in [0.15, 0.2) is 0 Å². The van der Waals surface area contributed by atoms with Crippen molar-refractivity contribution < 1.29 is 0 Å². The fraction of sp³-hybridized carbons (Fsp3) is 1.00. The molecule has 4 unspecified atom stereocenters. The summed E-state index contributed by atoms with van der Waals surface area (Å²) in [6.45, 7) is 9.57. The number of hydrogen-bond acceptors (Lipinski definition) is 2. The molecule has 0 N–H and O–H groups in total. The van der Waals surface area contributed by atoms with E-state index in [1.54, 1.807) is 0 Å². The topological polar surface area (TPSA) is 3.24 Å². The largest absolute Gasteiger partial charge is 0.306 e. The Morgan fingerprint density at radius 3 is 2.39 bits per heavy atom. The molecule has 0 radical (unpaired) electrons. The van der Waals surface area contributed by atoms with E-state index < -0.39 is 0 Å². The van der Waals surface area contributed by atoms with Crippen LogP contribution in [-0.4, -0.2) is 30.8 Å². The van der Waals surface area contributed by atoms with E-state index >= 15 is 0 Å². The molecule has 18 heavy (non-hydrogen) atoms. The Labute approximate surface area is 119 Å². The molecule has 2 fully saturated rings. The first-order valence-corrected chi connectivity index (χ1v) is 8.32. The van der Waals surface area contributed by atoms with E-state index in [-0.39, 0.29) is 0 Å². The number of fused-ring (bicyclic) bond motifs is 2. The fourth-order valence-electron chi connectivity index (χ4n) is 4.06. The minimum atomic E-state index is 0.380. The fourth-order valence-corrected chi connectivity index (χ4v) is 4.72. The van der Waals surface area contributed by atoms with E-state index in [1.165, 1.54) is 38.8 Å². The van der Waals surface area contributed by atoms with Gasteiger partial charge in [0, 0.05) is 13.1 Å². The summed E-state index contributed by atoms with van der Waals surface area (Å²) in [5, 5.41) is 0. The van der Waals surface area contributed by atoms with Gasteiger partial charge in [-0.3, -0.25) is 0 Å². The summed E-state index contributed by atoms with van der Waals surface area (Å²) in [5.41, 5.74) is 0.380. The Morgan fingerprint density at radius 2 is 1.94 bits per heavy atom. The molecule has 2 rings (SSSR count). The van der Waals surface area contributed by atoms with Crippen LogP contribution in [0.25, 0.3) is 0 Å². The Morgan fingerprint density at radius 1 is 1.22 bits per heavy atom. The minimum absolute atomic E-state index is 0.380. The maximum Gasteiger partial charge on any atom is 0.00195 e. The lowest BCUT2D eigenvalue weighted by Crippen LogP contribution is -2.37. The molecule has 0 amide bonds. The quantitative estimate of drug-likeness (QED) is 0.740. The molecule has 0 saturated heterocycles. The second-order valence-corrected chi connectivity index (χ2v) is 8.27. The molecule has 1 nitrogen and oxygen atoms in total. The van der Waals surface area contributed by atoms with E-state index in [0.717, 1.165) is 23.5 Å². The summed E-state index contributed by atoms with van der Waals surface area (Å²) in [5.74, 6) is 4.84. The predicted octanol–water partition coefficient (Wildman–Crippen LogP) is 3.95. The molecular weight excluding hydrogens is 238 g/mol. The van der Waals surface area contributed by atoms with Crippen molar-refractivity contribution in [3.05, 3.63) is 0 Å². The zero-order valence-electron chi connectivity index (χ0n) is 12.7. The Kier molecular flexibility index (Phi) is 4.70. The summed E-state index contributed by atoms with van der Waals surface area (Å²) in [6.07, 6.45) is 6.08. The first kappa shape index (κ1) is 14.7. The Balaban J connectivity index is 1.79. The van der Waals surface area contributed by atoms with Crippen molar-refractivity contribution in [1.29, 1.82) is 0 Å². The van der Waals surface area contributed by atoms with E-state index in [2.05, 4.69) is 45.3 Å². The zero-order valence-corrected chi connectivity index (χ0v) is 13.5. The molecule has 2 aliphatic rings. The Hall–Kier alpha value is 0.310. The molecule has 2 aliphatic carbocycles. The van der Waals surface area contributed by atoms with E-state index in [0.29, 0.717) is 11.3 Å². The molecule has 2 saturated carbocycles. The second kappa shape index (κ2) is 5.75. The van der Waals surface area contributed by atoms with Crippen LogP contribution in [0.2, 0.25) is 0 Å². The normalized spacial score (nSPS) is 33.3. The van der Waals surface area contributed by atoms with Crippen molar-refractivity contribution >= 4 is 12.6 Å². The molecule has 0 heterocycles. The van der Waals surface area contributed by atoms with Gasteiger partial charge >= 0.3 is 0 Å². The van der Waals surface area contributed by atoms with Crippen LogP contribution in [0, 0.1) is 29.1 Å². The molecular formula is C16H31NS. The predicted molar refractivity (Wildman–Crippen MR) is 83.2 cm³/mol. The van der Waals surface area contributed by atoms with Crippen molar-refractivity contribution in [3.63, 3.8) is 0 Å². The monoisotopic (exact) mass is 269 g/mol. The van der Waals surface area contributed by atoms with Crippen LogP contribution in [0.4, 0.5) is 0 Å². The van der Waals surface area contributed by atoms with Gasteiger partial charge in [-0.15, -0.1) is 0 Å². The number of hydrogen-bond donors (Lipinski definition) is 1. The summed E-state index contributed by atoms with van der Waals surface area (Å²) >= 11 is 4.55. The third-order valence-electron chi connectivity index (χ3n) is 5.41. The van der Waals surface area contributed by atoms with Gasteiger partial charge in [-0.2, -0.15) is 12.6 Å². The van der Waals surface area contributed by atoms with Gasteiger partial charge in [0.05, 0.1) is 0 Å². The van der Waals surface area contributed by atoms with Crippen molar-refractivity contribution in [1.82, 2.24) is 4.90 Å². The first-order chi connectivity index (χ1) is 8.40. The zero-order chi connectivity index (χ0) is 13.3. The van der Waals surface area contributed by atoms with E-state index in [1.807, 2.05) is 0 Å². The van der Waals surface area contributed by atoms with E-state index in [4.69, 9.17) is 0 Å². The third kappa shape index (κ3) is 3.45. The van der Waals surface area contributed by atoms with Gasteiger partial charge in [-0.05, 0) is 61.1 Å². The van der Waals surface area contributed by atoms with Crippen molar-refractivity contribution in [2.45, 2.75) is 46.5 Å². The first-order valence-electron chi connectivity index (χ1n) is 7.69. The third-order valence-corrected chi connectivity index (χ3v) is 5.85. The van der Waals surface area contributed by atoms with Crippen molar-refractivity contribution in [3.8, 4) is 0 Å². The average Bonchev–Trinajstić information content (AvgIpc) is 2.85. The van der Waals surface area contributed by atoms with Gasteiger partial charge in [0.15, 0.2) is 0 Å². The van der Waals surface area contributed by atoms with Gasteiger partial charge < -0.3 is 4.90 Å². The maximum atomic E-state index is 4.55. The second-order valence-electron chi connectivity index (χ2n) is 7.90. The molecule has 0 aromatic carbocycles. The van der Waals surface area contributed by atoms with Crippen LogP contribution in [0.3, 0.4) is 0 Å². The van der Waals surface area contributed by atoms with Crippen LogP contribution in [-0.2, 0) is 0 Å². The number of nitrogens with zero attached hydrogens (tertiary/aromatic N) is 1. The maximum absolute atomic E-state index is 4.55. The SMILES string of the molecule is CN(CC1CC2CCC1C2)CC(CS)C(C)(C)C. The molecule has 0 aromatic rings. The van der Waals surface area contributed by atoms with Crippen LogP contribution in [0.5, 0.6) is 0 Å². The lowest BCUT2D eigenvalue weighted by molar-refractivity contribution is 0.154. The Bertz CT molecular complexity index is 271. The summed E-state index contributed by atoms with van der Waals surface area (Å²) in [7, 11) is 2.31. The number of rotatable bonds is 5. The van der Waals surface area contributed by atoms with Gasteiger partial charge in [-0.25, -0.2) is 0 Å². The molecule has 2 heteroatoms. The molecule has 0 spiro atoms. The molecule has 0 aliphatic heterocycles. The average molecular weight is 269 g/mol. The molecule has 0 aromatic heterocycles. The smallest absolute Gasteiger partial charge is 0.00195 e. The lowest BCUT2D eigenvalue weighted by atomic mass is 9.81. The summed E-state index contributed by atoms with van der Waals surface area (Å²) < 4.78 is 0. The molecule has 4 atom stereocenters. The lowest BCUT2D eigenvalue weighted by Gasteiger charge is -2.35. The van der Waals surface area contributed by atoms with Crippen molar-refractivity contribution in [2.24, 2.45) is 29.1 Å². The highest BCUT2D eigenvalue weighted by Crippen LogP contribution is 2.48. The van der Waals surface area contributed by atoms with Crippen LogP contribution in [0.1, 0.15) is 46.5 Å². The minimum Gasteiger partial charge on any atom is -0.306 e. The molecule has 2 bridgehead atoms. The van der Waals surface area contributed by atoms with E-state index in [9.17, 15) is 0 Å². The highest BCUT2D eigenvalue weighted by molar-refractivity contribution is 7.80. The molecule has 106 valence electrons. The van der Waals surface area contributed by atoms with Gasteiger partial charge in [0.25, 0.3) is 0 Å². The van der Waals surface area contributed by atoms with Gasteiger partial charge in [-0.1, -0.05) is 27.2 Å². The van der Waals surface area contributed by atoms with Crippen LogP contribution >= 0.6 is 12.6 Å². The van der Waals surface area contributed by atoms with Crippen LogP contribution < -0.4 is 0 Å². The van der Waals surface area contributed by atoms with Gasteiger partial charge in [0.2, 0.25) is 0 Å². The summed E-state index contributed by atoms with van der Waals surface area (Å²) in [6, 6.07) is 0. The van der Waals surface area contributed by atoms with Gasteiger partial charge in [0.1, 0.15) is 0 Å². The highest BCUT2D eigenvalue weighted by atomic mass is 32.1.